The first-order valence-corrected chi connectivity index (χ1v) is 14.0. The third-order valence-corrected chi connectivity index (χ3v) is 7.62. The van der Waals surface area contributed by atoms with Gasteiger partial charge in [-0.25, -0.2) is 0 Å². The number of amides is 2. The Morgan fingerprint density at radius 2 is 2.00 bits per heavy atom. The third kappa shape index (κ3) is 7.63. The predicted molar refractivity (Wildman–Crippen MR) is 155 cm³/mol. The number of benzene rings is 2. The van der Waals surface area contributed by atoms with Gasteiger partial charge in [-0.15, -0.1) is 0 Å². The second-order valence-corrected chi connectivity index (χ2v) is 10.8. The standard InChI is InChI=1S/C27H29Cl2IN2O7/c1-3-24(35)32(13-16-4-5-18(28)12-19(16)29)21-10-17(27(37)31-6-7-33)11-22(25(21)36)39-26-20(30)8-15(14-34)9-23(26)38-2/h4-5,8-9,11-12,14,21-22,25,33,36H,3,6-7,10,13H2,1-2H3,(H,31,37)/t21-,22+,25+/m1/s1. The minimum absolute atomic E-state index is 0.0335. The van der Waals surface area contributed by atoms with Gasteiger partial charge in [0, 0.05) is 47.1 Å². The van der Waals surface area contributed by atoms with Crippen molar-refractivity contribution in [3.8, 4) is 11.5 Å². The van der Waals surface area contributed by atoms with Gasteiger partial charge in [-0.2, -0.15) is 0 Å². The molecule has 0 aromatic heterocycles. The number of nitrogens with zero attached hydrogens (tertiary/aromatic N) is 1. The van der Waals surface area contributed by atoms with Crippen LogP contribution in [0.4, 0.5) is 0 Å². The van der Waals surface area contributed by atoms with Gasteiger partial charge in [0.05, 0.1) is 23.3 Å². The van der Waals surface area contributed by atoms with E-state index in [9.17, 15) is 24.6 Å². The first-order valence-electron chi connectivity index (χ1n) is 12.1. The zero-order chi connectivity index (χ0) is 28.7. The van der Waals surface area contributed by atoms with Crippen LogP contribution < -0.4 is 14.8 Å². The molecule has 0 saturated carbocycles. The van der Waals surface area contributed by atoms with Crippen LogP contribution in [0.1, 0.15) is 35.7 Å². The van der Waals surface area contributed by atoms with Crippen molar-refractivity contribution < 1.29 is 34.1 Å². The zero-order valence-corrected chi connectivity index (χ0v) is 25.0. The maximum Gasteiger partial charge on any atom is 0.247 e. The van der Waals surface area contributed by atoms with E-state index in [1.165, 1.54) is 24.2 Å². The van der Waals surface area contributed by atoms with E-state index in [0.717, 1.165) is 0 Å². The average Bonchev–Trinajstić information content (AvgIpc) is 2.92. The summed E-state index contributed by atoms with van der Waals surface area (Å²) in [6, 6.07) is 7.19. The molecule has 0 heterocycles. The molecule has 2 aromatic carbocycles. The lowest BCUT2D eigenvalue weighted by atomic mass is 9.87. The van der Waals surface area contributed by atoms with Crippen LogP contribution in [0.25, 0.3) is 0 Å². The van der Waals surface area contributed by atoms with Crippen LogP contribution in [0.2, 0.25) is 10.0 Å². The molecule has 2 aromatic rings. The van der Waals surface area contributed by atoms with Crippen molar-refractivity contribution in [2.24, 2.45) is 0 Å². The largest absolute Gasteiger partial charge is 0.493 e. The van der Waals surface area contributed by atoms with Crippen molar-refractivity contribution in [2.75, 3.05) is 20.3 Å². The first-order chi connectivity index (χ1) is 18.6. The van der Waals surface area contributed by atoms with Gasteiger partial charge in [0.1, 0.15) is 18.5 Å². The molecule has 0 saturated heterocycles. The quantitative estimate of drug-likeness (QED) is 0.242. The van der Waals surface area contributed by atoms with E-state index >= 15 is 0 Å². The number of methoxy groups -OCH3 is 1. The third-order valence-electron chi connectivity index (χ3n) is 6.24. The fourth-order valence-corrected chi connectivity index (χ4v) is 5.49. The molecule has 12 heteroatoms. The molecule has 0 radical (unpaired) electrons. The van der Waals surface area contributed by atoms with Crippen molar-refractivity contribution >= 4 is 63.9 Å². The molecule has 0 aliphatic heterocycles. The number of hydrogen-bond acceptors (Lipinski definition) is 7. The number of aliphatic hydroxyl groups excluding tert-OH is 2. The Kier molecular flexibility index (Phi) is 11.4. The molecule has 0 spiro atoms. The fourth-order valence-electron chi connectivity index (χ4n) is 4.26. The van der Waals surface area contributed by atoms with Crippen LogP contribution in [0, 0.1) is 3.57 Å². The predicted octanol–water partition coefficient (Wildman–Crippen LogP) is 3.77. The molecule has 210 valence electrons. The molecule has 3 rings (SSSR count). The Balaban J connectivity index is 2.04. The summed E-state index contributed by atoms with van der Waals surface area (Å²) in [4.78, 5) is 38.9. The second-order valence-electron chi connectivity index (χ2n) is 8.78. The lowest BCUT2D eigenvalue weighted by Gasteiger charge is -2.40. The normalized spacial score (nSPS) is 18.6. The Bertz CT molecular complexity index is 1260. The van der Waals surface area contributed by atoms with E-state index in [1.54, 1.807) is 31.2 Å². The van der Waals surface area contributed by atoms with E-state index in [1.807, 2.05) is 22.6 Å². The van der Waals surface area contributed by atoms with E-state index < -0.39 is 24.2 Å². The number of nitrogens with one attached hydrogen (secondary N) is 1. The molecule has 9 nitrogen and oxygen atoms in total. The van der Waals surface area contributed by atoms with Gasteiger partial charge in [-0.1, -0.05) is 36.2 Å². The van der Waals surface area contributed by atoms with Gasteiger partial charge >= 0.3 is 0 Å². The van der Waals surface area contributed by atoms with Crippen molar-refractivity contribution in [3.63, 3.8) is 0 Å². The lowest BCUT2D eigenvalue weighted by molar-refractivity contribution is -0.139. The van der Waals surface area contributed by atoms with Crippen LogP contribution in [0.5, 0.6) is 11.5 Å². The monoisotopic (exact) mass is 690 g/mol. The van der Waals surface area contributed by atoms with Gasteiger partial charge in [0.2, 0.25) is 11.8 Å². The average molecular weight is 691 g/mol. The van der Waals surface area contributed by atoms with Gasteiger partial charge in [-0.3, -0.25) is 14.4 Å². The van der Waals surface area contributed by atoms with Gasteiger partial charge < -0.3 is 29.9 Å². The summed E-state index contributed by atoms with van der Waals surface area (Å²) in [6.45, 7) is 1.55. The van der Waals surface area contributed by atoms with E-state index in [2.05, 4.69) is 5.32 Å². The molecule has 0 unspecified atom stereocenters. The van der Waals surface area contributed by atoms with Crippen LogP contribution in [0.3, 0.4) is 0 Å². The minimum atomic E-state index is -1.24. The maximum atomic E-state index is 13.2. The highest BCUT2D eigenvalue weighted by molar-refractivity contribution is 14.1. The van der Waals surface area contributed by atoms with Crippen molar-refractivity contribution in [1.29, 1.82) is 0 Å². The fraction of sp³-hybridized carbons (Fsp3) is 0.370. The Hall–Kier alpha value is -2.38. The van der Waals surface area contributed by atoms with Crippen LogP contribution in [-0.2, 0) is 16.1 Å². The molecular weight excluding hydrogens is 662 g/mol. The number of ether oxygens (including phenoxy) is 2. The van der Waals surface area contributed by atoms with E-state index in [4.69, 9.17) is 32.7 Å². The highest BCUT2D eigenvalue weighted by atomic mass is 127. The smallest absolute Gasteiger partial charge is 0.247 e. The summed E-state index contributed by atoms with van der Waals surface area (Å²) < 4.78 is 12.2. The summed E-state index contributed by atoms with van der Waals surface area (Å²) >= 11 is 14.4. The first kappa shape index (κ1) is 31.2. The topological polar surface area (TPSA) is 125 Å². The SMILES string of the molecule is CCC(=O)N(Cc1ccc(Cl)cc1Cl)[C@@H]1CC(C(=O)NCCO)=C[C@H](Oc2c(I)cc(C=O)cc2OC)[C@H]1O. The number of rotatable bonds is 11. The van der Waals surface area contributed by atoms with Crippen LogP contribution >= 0.6 is 45.8 Å². The summed E-state index contributed by atoms with van der Waals surface area (Å²) in [5.74, 6) is -0.175. The van der Waals surface area contributed by atoms with Crippen LogP contribution in [0.15, 0.2) is 42.0 Å². The van der Waals surface area contributed by atoms with Gasteiger partial charge in [0.15, 0.2) is 11.5 Å². The van der Waals surface area contributed by atoms with Crippen molar-refractivity contribution in [3.05, 3.63) is 66.7 Å². The number of carbonyl (C=O) groups excluding carboxylic acids is 3. The Morgan fingerprint density at radius 3 is 2.62 bits per heavy atom. The van der Waals surface area contributed by atoms with Crippen molar-refractivity contribution in [1.82, 2.24) is 10.2 Å². The summed E-state index contributed by atoms with van der Waals surface area (Å²) in [7, 11) is 1.42. The number of hydrogen-bond donors (Lipinski definition) is 3. The highest BCUT2D eigenvalue weighted by Gasteiger charge is 2.40. The van der Waals surface area contributed by atoms with Crippen LogP contribution in [-0.4, -0.2) is 71.7 Å². The second kappa shape index (κ2) is 14.3. The number of aldehydes is 1. The Morgan fingerprint density at radius 1 is 1.26 bits per heavy atom. The van der Waals surface area contributed by atoms with Gasteiger partial charge in [0.25, 0.3) is 0 Å². The molecule has 1 aliphatic carbocycles. The summed E-state index contributed by atoms with van der Waals surface area (Å²) in [5.41, 5.74) is 1.28. The molecular formula is C27H29Cl2IN2O7. The molecule has 3 atom stereocenters. The summed E-state index contributed by atoms with van der Waals surface area (Å²) in [6.07, 6.45) is 0.0611. The Labute approximate surface area is 250 Å². The van der Waals surface area contributed by atoms with E-state index in [0.29, 0.717) is 31.0 Å². The maximum absolute atomic E-state index is 13.2. The minimum Gasteiger partial charge on any atom is -0.493 e. The molecule has 3 N–H and O–H groups in total. The van der Waals surface area contributed by atoms with E-state index in [-0.39, 0.29) is 55.5 Å². The zero-order valence-electron chi connectivity index (χ0n) is 21.3. The number of carbonyl (C=O) groups is 3. The molecule has 0 fully saturated rings. The van der Waals surface area contributed by atoms with Gasteiger partial charge in [-0.05, 0) is 58.5 Å². The van der Waals surface area contributed by atoms with Crippen molar-refractivity contribution in [2.45, 2.75) is 44.6 Å². The number of halogens is 3. The molecule has 39 heavy (non-hydrogen) atoms. The highest BCUT2D eigenvalue weighted by Crippen LogP contribution is 2.37. The lowest BCUT2D eigenvalue weighted by Crippen LogP contribution is -2.54. The summed E-state index contributed by atoms with van der Waals surface area (Å²) in [5, 5.41) is 24.1. The molecule has 1 aliphatic rings. The molecule has 0 bridgehead atoms. The molecule has 2 amide bonds. The number of aliphatic hydroxyl groups is 2.